The Morgan fingerprint density at radius 2 is 1.79 bits per heavy atom. The lowest BCUT2D eigenvalue weighted by Crippen LogP contribution is -2.36. The van der Waals surface area contributed by atoms with Crippen LogP contribution in [0.2, 0.25) is 0 Å². The summed E-state index contributed by atoms with van der Waals surface area (Å²) in [6.07, 6.45) is -0.446. The van der Waals surface area contributed by atoms with Gasteiger partial charge in [-0.2, -0.15) is 0 Å². The summed E-state index contributed by atoms with van der Waals surface area (Å²) >= 11 is 0. The van der Waals surface area contributed by atoms with Crippen LogP contribution in [-0.2, 0) is 19.9 Å². The van der Waals surface area contributed by atoms with Crippen molar-refractivity contribution in [3.63, 3.8) is 0 Å². The number of hydrogen-bond donors (Lipinski definition) is 3. The molecular formula is C5H13NO6S2. The molecule has 0 rings (SSSR count). The summed E-state index contributed by atoms with van der Waals surface area (Å²) in [5.41, 5.74) is 0. The Hall–Kier alpha value is -0.220. The second-order valence-electron chi connectivity index (χ2n) is 2.84. The maximum atomic E-state index is 11.0. The highest BCUT2D eigenvalue weighted by atomic mass is 32.3. The van der Waals surface area contributed by atoms with Gasteiger partial charge in [-0.05, 0) is 0 Å². The van der Waals surface area contributed by atoms with E-state index in [1.165, 1.54) is 0 Å². The minimum atomic E-state index is -3.95. The molecule has 14 heavy (non-hydrogen) atoms. The van der Waals surface area contributed by atoms with Gasteiger partial charge in [-0.25, -0.2) is 21.6 Å². The van der Waals surface area contributed by atoms with Crippen LogP contribution in [0.3, 0.4) is 0 Å². The zero-order chi connectivity index (χ0) is 11.4. The van der Waals surface area contributed by atoms with Crippen molar-refractivity contribution in [3.8, 4) is 0 Å². The van der Waals surface area contributed by atoms with Crippen LogP contribution in [0.5, 0.6) is 0 Å². The van der Waals surface area contributed by atoms with Crippen LogP contribution in [0.15, 0.2) is 0 Å². The monoisotopic (exact) mass is 247 g/mol. The summed E-state index contributed by atoms with van der Waals surface area (Å²) in [7, 11) is -7.58. The van der Waals surface area contributed by atoms with Gasteiger partial charge in [0.1, 0.15) is 0 Å². The number of aliphatic hydroxyl groups excluding tert-OH is 2. The van der Waals surface area contributed by atoms with E-state index in [0.717, 1.165) is 6.26 Å². The lowest BCUT2D eigenvalue weighted by molar-refractivity contribution is 0.0988. The van der Waals surface area contributed by atoms with Gasteiger partial charge in [-0.1, -0.05) is 0 Å². The van der Waals surface area contributed by atoms with Crippen LogP contribution < -0.4 is 4.72 Å². The fraction of sp³-hybridized carbons (Fsp3) is 1.00. The van der Waals surface area contributed by atoms with E-state index in [1.807, 2.05) is 4.72 Å². The number of nitrogens with one attached hydrogen (secondary N) is 1. The van der Waals surface area contributed by atoms with Crippen molar-refractivity contribution in [3.05, 3.63) is 0 Å². The summed E-state index contributed by atoms with van der Waals surface area (Å²) in [6, 6.07) is 0. The Kier molecular flexibility index (Phi) is 4.95. The molecule has 0 aliphatic rings. The van der Waals surface area contributed by atoms with Crippen LogP contribution >= 0.6 is 0 Å². The van der Waals surface area contributed by atoms with Gasteiger partial charge < -0.3 is 10.2 Å². The second kappa shape index (κ2) is 5.03. The molecule has 1 atom stereocenters. The lowest BCUT2D eigenvalue weighted by Gasteiger charge is -2.08. The standard InChI is InChI=1S/C5H13NO6S2/c1-13(9,10)4-14(11,12)6-2-5(8)3-7/h5-8H,2-4H2,1H3. The lowest BCUT2D eigenvalue weighted by atomic mass is 10.4. The highest BCUT2D eigenvalue weighted by Gasteiger charge is 2.18. The average Bonchev–Trinajstić information content (AvgIpc) is 1.96. The zero-order valence-electron chi connectivity index (χ0n) is 7.54. The first-order chi connectivity index (χ1) is 6.16. The summed E-state index contributed by atoms with van der Waals surface area (Å²) in [6.45, 7) is -1.00. The van der Waals surface area contributed by atoms with Gasteiger partial charge in [0, 0.05) is 12.8 Å². The third kappa shape index (κ3) is 7.21. The molecular weight excluding hydrogens is 234 g/mol. The fourth-order valence-corrected chi connectivity index (χ4v) is 3.65. The minimum absolute atomic E-state index is 0.408. The Morgan fingerprint density at radius 3 is 2.14 bits per heavy atom. The van der Waals surface area contributed by atoms with Gasteiger partial charge in [0.25, 0.3) is 0 Å². The predicted octanol–water partition coefficient (Wildman–Crippen LogP) is -2.74. The smallest absolute Gasteiger partial charge is 0.226 e. The van der Waals surface area contributed by atoms with E-state index < -0.39 is 44.2 Å². The molecule has 0 aliphatic carbocycles. The van der Waals surface area contributed by atoms with E-state index in [2.05, 4.69) is 0 Å². The Labute approximate surface area is 82.7 Å². The third-order valence-corrected chi connectivity index (χ3v) is 4.68. The van der Waals surface area contributed by atoms with E-state index in [0.29, 0.717) is 0 Å². The molecule has 0 amide bonds. The van der Waals surface area contributed by atoms with Crippen LogP contribution in [-0.4, -0.2) is 57.6 Å². The topological polar surface area (TPSA) is 121 Å². The van der Waals surface area contributed by atoms with Gasteiger partial charge >= 0.3 is 0 Å². The molecule has 0 spiro atoms. The first kappa shape index (κ1) is 13.8. The van der Waals surface area contributed by atoms with E-state index in [4.69, 9.17) is 10.2 Å². The fourth-order valence-electron chi connectivity index (χ4n) is 0.611. The average molecular weight is 247 g/mol. The summed E-state index contributed by atoms with van der Waals surface area (Å²) < 4.78 is 45.1. The molecule has 3 N–H and O–H groups in total. The van der Waals surface area contributed by atoms with Crippen molar-refractivity contribution in [2.24, 2.45) is 0 Å². The van der Waals surface area contributed by atoms with Crippen LogP contribution in [0.1, 0.15) is 0 Å². The van der Waals surface area contributed by atoms with Gasteiger partial charge in [0.15, 0.2) is 14.9 Å². The highest BCUT2D eigenvalue weighted by molar-refractivity contribution is 8.06. The van der Waals surface area contributed by atoms with Crippen LogP contribution in [0, 0.1) is 0 Å². The molecule has 0 aromatic carbocycles. The molecule has 9 heteroatoms. The summed E-state index contributed by atoms with van der Waals surface area (Å²) in [4.78, 5) is 0. The Bertz CT molecular complexity index is 358. The largest absolute Gasteiger partial charge is 0.394 e. The first-order valence-corrected chi connectivity index (χ1v) is 7.31. The maximum Gasteiger partial charge on any atom is 0.226 e. The van der Waals surface area contributed by atoms with Gasteiger partial charge in [-0.15, -0.1) is 0 Å². The van der Waals surface area contributed by atoms with Gasteiger partial charge in [0.2, 0.25) is 10.0 Å². The predicted molar refractivity (Wildman–Crippen MR) is 49.7 cm³/mol. The number of rotatable bonds is 6. The van der Waals surface area contributed by atoms with E-state index in [9.17, 15) is 16.8 Å². The summed E-state index contributed by atoms with van der Waals surface area (Å²) in [5.74, 6) is 0. The summed E-state index contributed by atoms with van der Waals surface area (Å²) in [5, 5.41) is 16.1. The van der Waals surface area contributed by atoms with E-state index >= 15 is 0 Å². The van der Waals surface area contributed by atoms with Crippen molar-refractivity contribution in [1.29, 1.82) is 0 Å². The molecule has 7 nitrogen and oxygen atoms in total. The van der Waals surface area contributed by atoms with Gasteiger partial charge in [-0.3, -0.25) is 0 Å². The third-order valence-electron chi connectivity index (χ3n) is 1.12. The number of sulfone groups is 1. The zero-order valence-corrected chi connectivity index (χ0v) is 9.18. The minimum Gasteiger partial charge on any atom is -0.394 e. The van der Waals surface area contributed by atoms with Crippen molar-refractivity contribution in [2.45, 2.75) is 6.10 Å². The molecule has 86 valence electrons. The molecule has 0 saturated heterocycles. The molecule has 1 unspecified atom stereocenters. The first-order valence-electron chi connectivity index (χ1n) is 3.60. The van der Waals surface area contributed by atoms with Crippen molar-refractivity contribution in [2.75, 3.05) is 24.5 Å². The highest BCUT2D eigenvalue weighted by Crippen LogP contribution is 1.92. The SMILES string of the molecule is CS(=O)(=O)CS(=O)(=O)NCC(O)CO. The Balaban J connectivity index is 4.24. The molecule has 0 bridgehead atoms. The van der Waals surface area contributed by atoms with E-state index in [-0.39, 0.29) is 0 Å². The van der Waals surface area contributed by atoms with Crippen molar-refractivity contribution in [1.82, 2.24) is 4.72 Å². The molecule has 0 aliphatic heterocycles. The van der Waals surface area contributed by atoms with E-state index in [1.54, 1.807) is 0 Å². The quantitative estimate of drug-likeness (QED) is 0.468. The maximum absolute atomic E-state index is 11.0. The van der Waals surface area contributed by atoms with Crippen LogP contribution in [0.25, 0.3) is 0 Å². The molecule has 0 saturated carbocycles. The molecule has 0 aromatic rings. The molecule has 0 fully saturated rings. The number of hydrogen-bond acceptors (Lipinski definition) is 6. The normalized spacial score (nSPS) is 15.4. The van der Waals surface area contributed by atoms with Crippen LogP contribution in [0.4, 0.5) is 0 Å². The molecule has 0 heterocycles. The molecule has 0 aromatic heterocycles. The Morgan fingerprint density at radius 1 is 1.29 bits per heavy atom. The molecule has 0 radical (unpaired) electrons. The van der Waals surface area contributed by atoms with Gasteiger partial charge in [0.05, 0.1) is 12.7 Å². The number of sulfonamides is 1. The van der Waals surface area contributed by atoms with Crippen molar-refractivity contribution < 1.29 is 27.0 Å². The number of aliphatic hydroxyl groups is 2. The second-order valence-corrected chi connectivity index (χ2v) is 7.16. The van der Waals surface area contributed by atoms with Crippen molar-refractivity contribution >= 4 is 19.9 Å².